The average molecular weight is 682 g/mol. The SMILES string of the molecule is CCOc1cc([C@@H]2NC(=O)NC(C)=C2C(=O)OC)ccc1OC[C@@H](O)N/N=C/c1cc(I)c(OC(C)=O)c(OC)c1. The van der Waals surface area contributed by atoms with E-state index in [0.29, 0.717) is 50.0 Å². The van der Waals surface area contributed by atoms with E-state index in [4.69, 9.17) is 23.7 Å². The van der Waals surface area contributed by atoms with Crippen LogP contribution in [0.1, 0.15) is 37.9 Å². The number of urea groups is 1. The third kappa shape index (κ3) is 8.23. The zero-order valence-corrected chi connectivity index (χ0v) is 25.2. The Hall–Kier alpha value is -4.05. The number of rotatable bonds is 12. The summed E-state index contributed by atoms with van der Waals surface area (Å²) in [5, 5.41) is 19.7. The second kappa shape index (κ2) is 14.5. The highest BCUT2D eigenvalue weighted by molar-refractivity contribution is 14.1. The maximum Gasteiger partial charge on any atom is 0.337 e. The van der Waals surface area contributed by atoms with Crippen LogP contribution in [0, 0.1) is 3.57 Å². The number of methoxy groups -OCH3 is 2. The first-order chi connectivity index (χ1) is 19.6. The fourth-order valence-corrected chi connectivity index (χ4v) is 4.61. The Kier molecular flexibility index (Phi) is 11.2. The lowest BCUT2D eigenvalue weighted by molar-refractivity contribution is -0.136. The van der Waals surface area contributed by atoms with Crippen LogP contribution in [0.15, 0.2) is 46.7 Å². The smallest absolute Gasteiger partial charge is 0.337 e. The Labute approximate surface area is 250 Å². The van der Waals surface area contributed by atoms with E-state index >= 15 is 0 Å². The summed E-state index contributed by atoms with van der Waals surface area (Å²) in [5.41, 5.74) is 4.42. The molecule has 1 aliphatic rings. The number of esters is 2. The molecule has 0 saturated heterocycles. The molecule has 0 spiro atoms. The lowest BCUT2D eigenvalue weighted by Crippen LogP contribution is -2.45. The van der Waals surface area contributed by atoms with E-state index < -0.39 is 30.2 Å². The van der Waals surface area contributed by atoms with E-state index in [2.05, 4.69) is 21.2 Å². The van der Waals surface area contributed by atoms with E-state index in [1.54, 1.807) is 44.2 Å². The molecule has 0 bridgehead atoms. The summed E-state index contributed by atoms with van der Waals surface area (Å²) in [5.74, 6) is 0.307. The van der Waals surface area contributed by atoms with Crippen molar-refractivity contribution in [1.82, 2.24) is 16.1 Å². The molecule has 0 saturated carbocycles. The molecule has 0 fully saturated rings. The van der Waals surface area contributed by atoms with Gasteiger partial charge < -0.3 is 39.4 Å². The Morgan fingerprint density at radius 1 is 1.17 bits per heavy atom. The first-order valence-electron chi connectivity index (χ1n) is 12.4. The molecule has 0 radical (unpaired) electrons. The predicted octanol–water partition coefficient (Wildman–Crippen LogP) is 2.75. The Morgan fingerprint density at radius 3 is 2.59 bits per heavy atom. The van der Waals surface area contributed by atoms with Gasteiger partial charge in [0.15, 0.2) is 29.2 Å². The number of hydrogen-bond acceptors (Lipinski definition) is 11. The van der Waals surface area contributed by atoms with Crippen molar-refractivity contribution >= 4 is 46.8 Å². The van der Waals surface area contributed by atoms with Gasteiger partial charge in [0.1, 0.15) is 6.61 Å². The van der Waals surface area contributed by atoms with Crippen LogP contribution >= 0.6 is 22.6 Å². The number of carbonyl (C=O) groups is 3. The molecular formula is C27H31IN4O9. The minimum Gasteiger partial charge on any atom is -0.493 e. The fourth-order valence-electron chi connectivity index (χ4n) is 3.88. The molecule has 2 amide bonds. The highest BCUT2D eigenvalue weighted by atomic mass is 127. The summed E-state index contributed by atoms with van der Waals surface area (Å²) in [4.78, 5) is 35.9. The van der Waals surface area contributed by atoms with Crippen molar-refractivity contribution < 1.29 is 43.2 Å². The molecule has 14 heteroatoms. The van der Waals surface area contributed by atoms with Gasteiger partial charge in [-0.15, -0.1) is 0 Å². The maximum absolute atomic E-state index is 12.4. The normalized spacial score (nSPS) is 15.5. The molecule has 41 heavy (non-hydrogen) atoms. The van der Waals surface area contributed by atoms with Gasteiger partial charge in [-0.2, -0.15) is 5.10 Å². The van der Waals surface area contributed by atoms with Gasteiger partial charge >= 0.3 is 18.0 Å². The number of amides is 2. The summed E-state index contributed by atoms with van der Waals surface area (Å²) >= 11 is 2.02. The van der Waals surface area contributed by atoms with Crippen molar-refractivity contribution in [3.8, 4) is 23.0 Å². The van der Waals surface area contributed by atoms with Gasteiger partial charge in [0.05, 0.1) is 42.2 Å². The minimum atomic E-state index is -1.18. The van der Waals surface area contributed by atoms with E-state index in [1.807, 2.05) is 22.6 Å². The van der Waals surface area contributed by atoms with Crippen LogP contribution < -0.4 is 35.0 Å². The number of benzene rings is 2. The highest BCUT2D eigenvalue weighted by Crippen LogP contribution is 2.35. The highest BCUT2D eigenvalue weighted by Gasteiger charge is 2.32. The number of aliphatic hydroxyl groups excluding tert-OH is 1. The van der Waals surface area contributed by atoms with Gasteiger partial charge in [-0.3, -0.25) is 10.2 Å². The summed E-state index contributed by atoms with van der Waals surface area (Å²) in [6.07, 6.45) is 0.287. The van der Waals surface area contributed by atoms with Gasteiger partial charge in [0, 0.05) is 12.6 Å². The molecule has 2 aromatic rings. The molecule has 3 rings (SSSR count). The number of carbonyl (C=O) groups excluding carboxylic acids is 3. The molecule has 4 N–H and O–H groups in total. The van der Waals surface area contributed by atoms with Crippen LogP contribution in [0.2, 0.25) is 0 Å². The van der Waals surface area contributed by atoms with Crippen LogP contribution in [0.3, 0.4) is 0 Å². The van der Waals surface area contributed by atoms with Crippen LogP contribution in [-0.4, -0.2) is 63.0 Å². The van der Waals surface area contributed by atoms with Crippen LogP contribution in [0.5, 0.6) is 23.0 Å². The van der Waals surface area contributed by atoms with E-state index in [1.165, 1.54) is 27.4 Å². The number of allylic oxidation sites excluding steroid dienone is 1. The second-order valence-electron chi connectivity index (χ2n) is 8.54. The maximum atomic E-state index is 12.4. The van der Waals surface area contributed by atoms with Gasteiger partial charge in [0.25, 0.3) is 0 Å². The van der Waals surface area contributed by atoms with Crippen LogP contribution in [0.4, 0.5) is 4.79 Å². The Bertz CT molecular complexity index is 1360. The minimum absolute atomic E-state index is 0.181. The molecule has 2 atom stereocenters. The van der Waals surface area contributed by atoms with E-state index in [0.717, 1.165) is 0 Å². The molecule has 1 heterocycles. The summed E-state index contributed by atoms with van der Waals surface area (Å²) in [6.45, 7) is 4.86. The third-order valence-electron chi connectivity index (χ3n) is 5.61. The zero-order valence-electron chi connectivity index (χ0n) is 23.1. The van der Waals surface area contributed by atoms with E-state index in [9.17, 15) is 19.5 Å². The standard InChI is InChI=1S/C27H31IN4O9/c1-6-39-20-11-17(24-23(26(35)38-5)14(2)30-27(36)31-24)7-8-19(20)40-13-22(34)32-29-12-16-9-18(28)25(41-15(3)33)21(10-16)37-4/h7-12,22,24,32,34H,6,13H2,1-5H3,(H2,30,31,36)/b29-12+/t22-,24+/m1/s1. The van der Waals surface area contributed by atoms with Gasteiger partial charge in [-0.1, -0.05) is 6.07 Å². The number of ether oxygens (including phenoxy) is 5. The summed E-state index contributed by atoms with van der Waals surface area (Å²) < 4.78 is 27.5. The van der Waals surface area contributed by atoms with Crippen molar-refractivity contribution in [2.24, 2.45) is 5.10 Å². The fraction of sp³-hybridized carbons (Fsp3) is 0.333. The first-order valence-corrected chi connectivity index (χ1v) is 13.4. The number of hydrogen-bond donors (Lipinski definition) is 4. The number of nitrogens with one attached hydrogen (secondary N) is 3. The molecule has 0 aliphatic carbocycles. The third-order valence-corrected chi connectivity index (χ3v) is 6.41. The first kappa shape index (κ1) is 31.5. The van der Waals surface area contributed by atoms with Crippen molar-refractivity contribution in [2.75, 3.05) is 27.4 Å². The molecular weight excluding hydrogens is 651 g/mol. The van der Waals surface area contributed by atoms with E-state index in [-0.39, 0.29) is 12.2 Å². The zero-order chi connectivity index (χ0) is 30.1. The number of hydrazone groups is 1. The predicted molar refractivity (Wildman–Crippen MR) is 156 cm³/mol. The Balaban J connectivity index is 1.70. The molecule has 220 valence electrons. The Morgan fingerprint density at radius 2 is 1.93 bits per heavy atom. The molecule has 0 unspecified atom stereocenters. The average Bonchev–Trinajstić information content (AvgIpc) is 2.92. The largest absolute Gasteiger partial charge is 0.493 e. The van der Waals surface area contributed by atoms with Crippen LogP contribution in [-0.2, 0) is 14.3 Å². The lowest BCUT2D eigenvalue weighted by atomic mass is 9.95. The molecule has 2 aromatic carbocycles. The van der Waals surface area contributed by atoms with Crippen molar-refractivity contribution in [2.45, 2.75) is 33.0 Å². The second-order valence-corrected chi connectivity index (χ2v) is 9.70. The van der Waals surface area contributed by atoms with Gasteiger partial charge in [0.2, 0.25) is 0 Å². The number of aliphatic hydroxyl groups is 1. The van der Waals surface area contributed by atoms with Crippen molar-refractivity contribution in [3.63, 3.8) is 0 Å². The lowest BCUT2D eigenvalue weighted by Gasteiger charge is -2.28. The number of nitrogens with zero attached hydrogens (tertiary/aromatic N) is 1. The molecule has 13 nitrogen and oxygen atoms in total. The van der Waals surface area contributed by atoms with Gasteiger partial charge in [-0.25, -0.2) is 9.59 Å². The number of halogens is 1. The molecule has 1 aliphatic heterocycles. The van der Waals surface area contributed by atoms with Gasteiger partial charge in [-0.05, 0) is 71.8 Å². The quantitative estimate of drug-likeness (QED) is 0.0654. The summed E-state index contributed by atoms with van der Waals surface area (Å²) in [6, 6.07) is 7.09. The summed E-state index contributed by atoms with van der Waals surface area (Å²) in [7, 11) is 2.72. The topological polar surface area (TPSA) is 166 Å². The van der Waals surface area contributed by atoms with Crippen LogP contribution in [0.25, 0.3) is 0 Å². The monoisotopic (exact) mass is 682 g/mol. The molecule has 0 aromatic heterocycles. The van der Waals surface area contributed by atoms with Crippen molar-refractivity contribution in [1.29, 1.82) is 0 Å². The van der Waals surface area contributed by atoms with Crippen molar-refractivity contribution in [3.05, 3.63) is 56.3 Å².